The molecule has 43 heavy (non-hydrogen) atoms. The average molecular weight is 634 g/mol. The number of methoxy groups -OCH3 is 1. The summed E-state index contributed by atoms with van der Waals surface area (Å²) in [7, 11) is -2.70. The smallest absolute Gasteiger partial charge is 0.412 e. The van der Waals surface area contributed by atoms with E-state index in [9.17, 15) is 32.4 Å². The maximum Gasteiger partial charge on any atom is 0.412 e. The number of carbonyl (C=O) groups excluding carboxylic acids is 5. The van der Waals surface area contributed by atoms with E-state index < -0.39 is 63.2 Å². The van der Waals surface area contributed by atoms with Gasteiger partial charge in [-0.3, -0.25) is 29.7 Å². The zero-order chi connectivity index (χ0) is 30.9. The lowest BCUT2D eigenvalue weighted by Crippen LogP contribution is -2.51. The Labute approximate surface area is 251 Å². The van der Waals surface area contributed by atoms with Crippen LogP contribution in [0.15, 0.2) is 42.5 Å². The molecule has 3 aliphatic rings. The Morgan fingerprint density at radius 1 is 1.16 bits per heavy atom. The third kappa shape index (κ3) is 6.67. The number of ether oxygens (including phenoxy) is 2. The van der Waals surface area contributed by atoms with E-state index in [1.165, 1.54) is 36.3 Å². The molecule has 2 aromatic rings. The number of nitrogens with zero attached hydrogens (tertiary/aromatic N) is 1. The van der Waals surface area contributed by atoms with Crippen molar-refractivity contribution >= 4 is 62.9 Å². The van der Waals surface area contributed by atoms with Crippen molar-refractivity contribution in [2.45, 2.75) is 42.6 Å². The Morgan fingerprint density at radius 3 is 2.56 bits per heavy atom. The lowest BCUT2D eigenvalue weighted by Gasteiger charge is -2.35. The molecule has 0 bridgehead atoms. The first kappa shape index (κ1) is 30.1. The quantitative estimate of drug-likeness (QED) is 0.338. The molecule has 2 atom stereocenters. The van der Waals surface area contributed by atoms with Crippen molar-refractivity contribution in [2.24, 2.45) is 0 Å². The number of hydrogen-bond acceptors (Lipinski definition) is 9. The molecule has 2 aliphatic heterocycles. The van der Waals surface area contributed by atoms with Crippen molar-refractivity contribution in [3.8, 4) is 0 Å². The SMILES string of the molecule is COC(=O)Nc1ccc(C(=O)N[C@@H](CC(=O)NS(=O)(=O)C2CC2)C(=O)N2CC[C@@]3(C2)OC(=O)Nc2ccc(Cl)cc23)cc1. The molecule has 5 amide bonds. The highest BCUT2D eigenvalue weighted by molar-refractivity contribution is 7.90. The van der Waals surface area contributed by atoms with E-state index in [1.807, 2.05) is 4.72 Å². The fourth-order valence-corrected chi connectivity index (χ4v) is 6.52. The van der Waals surface area contributed by atoms with Gasteiger partial charge in [0.05, 0.1) is 31.0 Å². The molecule has 2 fully saturated rings. The molecule has 4 N–H and O–H groups in total. The standard InChI is InChI=1S/C27H28ClN5O9S/c1-41-25(37)29-17-5-2-15(3-6-17)23(35)30-21(13-22(34)32-43(39,40)18-7-8-18)24(36)33-11-10-27(14-33)19-12-16(28)4-9-20(19)31-26(38)42-27/h2-6,9,12,18,21H,7-8,10-11,13-14H2,1H3,(H,29,37)(H,30,35)(H,31,38)(H,32,34)/t21-,27-/m0/s1. The number of hydrogen-bond donors (Lipinski definition) is 4. The normalized spacial score (nSPS) is 19.9. The number of nitrogens with one attached hydrogen (secondary N) is 4. The van der Waals surface area contributed by atoms with Gasteiger partial charge < -0.3 is 19.7 Å². The Hall–Kier alpha value is -4.37. The van der Waals surface area contributed by atoms with Crippen LogP contribution in [0.5, 0.6) is 0 Å². The molecule has 1 saturated carbocycles. The molecule has 0 unspecified atom stereocenters. The number of halogens is 1. The van der Waals surface area contributed by atoms with E-state index >= 15 is 0 Å². The summed E-state index contributed by atoms with van der Waals surface area (Å²) in [5.74, 6) is -2.35. The van der Waals surface area contributed by atoms with Crippen LogP contribution in [0, 0.1) is 0 Å². The molecule has 16 heteroatoms. The highest BCUT2D eigenvalue weighted by Gasteiger charge is 2.49. The predicted molar refractivity (Wildman–Crippen MR) is 153 cm³/mol. The summed E-state index contributed by atoms with van der Waals surface area (Å²) in [4.78, 5) is 64.9. The van der Waals surface area contributed by atoms with Crippen LogP contribution in [0.2, 0.25) is 5.02 Å². The van der Waals surface area contributed by atoms with Crippen LogP contribution in [-0.4, -0.2) is 74.7 Å². The van der Waals surface area contributed by atoms with Gasteiger partial charge in [-0.25, -0.2) is 18.0 Å². The van der Waals surface area contributed by atoms with Gasteiger partial charge in [-0.2, -0.15) is 0 Å². The van der Waals surface area contributed by atoms with E-state index in [0.29, 0.717) is 34.8 Å². The monoisotopic (exact) mass is 633 g/mol. The Bertz CT molecular complexity index is 1600. The van der Waals surface area contributed by atoms with Crippen LogP contribution in [0.1, 0.15) is 41.6 Å². The lowest BCUT2D eigenvalue weighted by molar-refractivity contribution is -0.135. The second kappa shape index (κ2) is 11.7. The molecule has 5 rings (SSSR count). The molecule has 228 valence electrons. The van der Waals surface area contributed by atoms with E-state index in [2.05, 4.69) is 20.7 Å². The molecular weight excluding hydrogens is 606 g/mol. The number of anilines is 2. The first-order chi connectivity index (χ1) is 20.4. The minimum Gasteiger partial charge on any atom is -0.453 e. The fourth-order valence-electron chi connectivity index (χ4n) is 5.03. The van der Waals surface area contributed by atoms with Crippen LogP contribution in [0.4, 0.5) is 21.0 Å². The molecule has 2 heterocycles. The number of fused-ring (bicyclic) bond motifs is 2. The molecule has 14 nitrogen and oxygen atoms in total. The second-order valence-electron chi connectivity index (χ2n) is 10.4. The first-order valence-corrected chi connectivity index (χ1v) is 15.2. The number of likely N-dealkylation sites (tertiary alicyclic amines) is 1. The van der Waals surface area contributed by atoms with Crippen LogP contribution in [0.3, 0.4) is 0 Å². The minimum atomic E-state index is -3.90. The summed E-state index contributed by atoms with van der Waals surface area (Å²) in [6, 6.07) is 9.07. The minimum absolute atomic E-state index is 0.0884. The topological polar surface area (TPSA) is 189 Å². The number of rotatable bonds is 8. The molecule has 0 radical (unpaired) electrons. The highest BCUT2D eigenvalue weighted by Crippen LogP contribution is 2.44. The predicted octanol–water partition coefficient (Wildman–Crippen LogP) is 2.31. The number of carbonyl (C=O) groups is 5. The van der Waals surface area contributed by atoms with Gasteiger partial charge in [-0.1, -0.05) is 11.6 Å². The molecule has 1 saturated heterocycles. The van der Waals surface area contributed by atoms with Gasteiger partial charge in [-0.15, -0.1) is 0 Å². The Kier molecular flexibility index (Phi) is 8.21. The van der Waals surface area contributed by atoms with Crippen molar-refractivity contribution in [1.29, 1.82) is 0 Å². The number of amides is 5. The molecule has 1 spiro atoms. The third-order valence-electron chi connectivity index (χ3n) is 7.33. The zero-order valence-electron chi connectivity index (χ0n) is 22.8. The summed E-state index contributed by atoms with van der Waals surface area (Å²) >= 11 is 6.20. The molecule has 0 aromatic heterocycles. The Morgan fingerprint density at radius 2 is 1.88 bits per heavy atom. The van der Waals surface area contributed by atoms with Crippen LogP contribution in [-0.2, 0) is 34.7 Å². The number of sulfonamides is 1. The molecular formula is C27H28ClN5O9S. The number of benzene rings is 2. The van der Waals surface area contributed by atoms with Gasteiger partial charge >= 0.3 is 12.2 Å². The fraction of sp³-hybridized carbons (Fsp3) is 0.370. The summed E-state index contributed by atoms with van der Waals surface area (Å²) < 4.78 is 36.9. The van der Waals surface area contributed by atoms with Gasteiger partial charge in [0.25, 0.3) is 5.91 Å². The maximum atomic E-state index is 13.8. The van der Waals surface area contributed by atoms with Gasteiger partial charge in [0, 0.05) is 34.8 Å². The summed E-state index contributed by atoms with van der Waals surface area (Å²) in [5.41, 5.74) is 0.291. The van der Waals surface area contributed by atoms with Crippen LogP contribution < -0.4 is 20.7 Å². The third-order valence-corrected chi connectivity index (χ3v) is 9.43. The Balaban J connectivity index is 1.35. The molecule has 1 aliphatic carbocycles. The summed E-state index contributed by atoms with van der Waals surface area (Å²) in [6.45, 7) is 0.0230. The van der Waals surface area contributed by atoms with Crippen LogP contribution >= 0.6 is 11.6 Å². The van der Waals surface area contributed by atoms with Gasteiger partial charge in [0.15, 0.2) is 5.60 Å². The van der Waals surface area contributed by atoms with Gasteiger partial charge in [0.1, 0.15) is 6.04 Å². The first-order valence-electron chi connectivity index (χ1n) is 13.3. The van der Waals surface area contributed by atoms with Crippen molar-refractivity contribution in [3.63, 3.8) is 0 Å². The lowest BCUT2D eigenvalue weighted by atomic mass is 9.90. The van der Waals surface area contributed by atoms with E-state index in [0.717, 1.165) is 0 Å². The van der Waals surface area contributed by atoms with E-state index in [-0.39, 0.29) is 25.1 Å². The van der Waals surface area contributed by atoms with Gasteiger partial charge in [0.2, 0.25) is 21.8 Å². The van der Waals surface area contributed by atoms with Crippen LogP contribution in [0.25, 0.3) is 0 Å². The van der Waals surface area contributed by atoms with E-state index in [1.54, 1.807) is 18.2 Å². The van der Waals surface area contributed by atoms with Crippen molar-refractivity contribution in [1.82, 2.24) is 14.9 Å². The summed E-state index contributed by atoms with van der Waals surface area (Å²) in [6.07, 6.45) is -0.996. The van der Waals surface area contributed by atoms with Gasteiger partial charge in [-0.05, 0) is 55.3 Å². The average Bonchev–Trinajstić information content (AvgIpc) is 3.75. The maximum absolute atomic E-state index is 13.8. The van der Waals surface area contributed by atoms with Crippen molar-refractivity contribution < 1.29 is 41.9 Å². The largest absolute Gasteiger partial charge is 0.453 e. The summed E-state index contributed by atoms with van der Waals surface area (Å²) in [5, 5.41) is 7.31. The van der Waals surface area contributed by atoms with E-state index in [4.69, 9.17) is 16.3 Å². The van der Waals surface area contributed by atoms with Crippen molar-refractivity contribution in [3.05, 3.63) is 58.6 Å². The second-order valence-corrected chi connectivity index (χ2v) is 12.8. The van der Waals surface area contributed by atoms with Crippen molar-refractivity contribution in [2.75, 3.05) is 30.8 Å². The highest BCUT2D eigenvalue weighted by atomic mass is 35.5. The molecule has 2 aromatic carbocycles. The zero-order valence-corrected chi connectivity index (χ0v) is 24.4.